The number of amides is 2. The Bertz CT molecular complexity index is 433. The minimum Gasteiger partial charge on any atom is -0.479 e. The van der Waals surface area contributed by atoms with E-state index < -0.39 is 17.5 Å². The number of halogens is 1. The van der Waals surface area contributed by atoms with Crippen LogP contribution in [0.25, 0.3) is 0 Å². The van der Waals surface area contributed by atoms with Crippen LogP contribution in [0.1, 0.15) is 4.88 Å². The number of carbonyl (C=O) groups excluding carboxylic acids is 1. The van der Waals surface area contributed by atoms with E-state index in [0.717, 1.165) is 11.3 Å². The van der Waals surface area contributed by atoms with Crippen LogP contribution in [0.15, 0.2) is 12.1 Å². The Hall–Kier alpha value is -1.27. The topological polar surface area (TPSA) is 78.4 Å². The molecular weight excluding hydrogens is 240 g/mol. The lowest BCUT2D eigenvalue weighted by Gasteiger charge is -2.20. The zero-order valence-electron chi connectivity index (χ0n) is 7.41. The molecule has 1 unspecified atom stereocenters. The highest BCUT2D eigenvalue weighted by Gasteiger charge is 2.47. The molecule has 1 aliphatic rings. The molecule has 5 nitrogen and oxygen atoms in total. The van der Waals surface area contributed by atoms with Crippen LogP contribution in [0.5, 0.6) is 0 Å². The van der Waals surface area contributed by atoms with E-state index in [9.17, 15) is 9.59 Å². The standard InChI is InChI=1S/C8H7ClN2O3S/c9-5-2-1-4(15-5)8(6(12)13)3-10-7(14)11-8/h1-2H,3H2,(H,12,13)(H2,10,11,14). The van der Waals surface area contributed by atoms with Gasteiger partial charge in [0.1, 0.15) is 0 Å². The largest absolute Gasteiger partial charge is 0.479 e. The molecule has 1 aromatic heterocycles. The Labute approximate surface area is 94.0 Å². The fraction of sp³-hybridized carbons (Fsp3) is 0.250. The summed E-state index contributed by atoms with van der Waals surface area (Å²) in [6, 6.07) is 2.73. The average Bonchev–Trinajstić information content (AvgIpc) is 2.72. The zero-order chi connectivity index (χ0) is 11.1. The number of urea groups is 1. The van der Waals surface area contributed by atoms with E-state index in [-0.39, 0.29) is 6.54 Å². The van der Waals surface area contributed by atoms with Gasteiger partial charge >= 0.3 is 12.0 Å². The summed E-state index contributed by atoms with van der Waals surface area (Å²) in [6.45, 7) is 0.0258. The lowest BCUT2D eigenvalue weighted by Crippen LogP contribution is -2.47. The first-order valence-electron chi connectivity index (χ1n) is 4.10. The smallest absolute Gasteiger partial charge is 0.336 e. The second kappa shape index (κ2) is 3.39. The summed E-state index contributed by atoms with van der Waals surface area (Å²) in [6.07, 6.45) is 0. The minimum atomic E-state index is -1.38. The van der Waals surface area contributed by atoms with Crippen molar-refractivity contribution in [2.75, 3.05) is 6.54 Å². The Morgan fingerprint density at radius 2 is 2.33 bits per heavy atom. The van der Waals surface area contributed by atoms with Gasteiger partial charge in [-0.15, -0.1) is 11.3 Å². The second-order valence-electron chi connectivity index (χ2n) is 3.12. The molecule has 15 heavy (non-hydrogen) atoms. The van der Waals surface area contributed by atoms with Crippen LogP contribution in [0, 0.1) is 0 Å². The van der Waals surface area contributed by atoms with E-state index in [1.807, 2.05) is 0 Å². The highest BCUT2D eigenvalue weighted by atomic mass is 35.5. The van der Waals surface area contributed by atoms with Gasteiger partial charge in [0, 0.05) is 4.88 Å². The van der Waals surface area contributed by atoms with Crippen LogP contribution in [0.2, 0.25) is 4.34 Å². The van der Waals surface area contributed by atoms with E-state index in [1.165, 1.54) is 0 Å². The average molecular weight is 247 g/mol. The van der Waals surface area contributed by atoms with Gasteiger partial charge in [0.25, 0.3) is 0 Å². The van der Waals surface area contributed by atoms with Gasteiger partial charge < -0.3 is 15.7 Å². The molecule has 7 heteroatoms. The van der Waals surface area contributed by atoms with Crippen molar-refractivity contribution < 1.29 is 14.7 Å². The molecule has 80 valence electrons. The maximum atomic E-state index is 11.2. The third-order valence-electron chi connectivity index (χ3n) is 2.20. The molecule has 0 radical (unpaired) electrons. The molecule has 0 spiro atoms. The Morgan fingerprint density at radius 3 is 2.73 bits per heavy atom. The van der Waals surface area contributed by atoms with Crippen LogP contribution < -0.4 is 10.6 Å². The monoisotopic (exact) mass is 246 g/mol. The predicted octanol–water partition coefficient (Wildman–Crippen LogP) is 0.994. The number of nitrogens with one attached hydrogen (secondary N) is 2. The first kappa shape index (κ1) is 10.3. The molecule has 1 aliphatic heterocycles. The quantitative estimate of drug-likeness (QED) is 0.728. The number of rotatable bonds is 2. The van der Waals surface area contributed by atoms with Gasteiger partial charge in [0.15, 0.2) is 5.54 Å². The molecular formula is C8H7ClN2O3S. The number of aliphatic carboxylic acids is 1. The Balaban J connectivity index is 2.44. The lowest BCUT2D eigenvalue weighted by atomic mass is 9.99. The summed E-state index contributed by atoms with van der Waals surface area (Å²) in [4.78, 5) is 22.7. The number of carboxylic acid groups (broad SMARTS) is 1. The minimum absolute atomic E-state index is 0.0258. The fourth-order valence-electron chi connectivity index (χ4n) is 1.42. The molecule has 2 rings (SSSR count). The van der Waals surface area contributed by atoms with E-state index in [1.54, 1.807) is 12.1 Å². The van der Waals surface area contributed by atoms with Crippen LogP contribution in [0.4, 0.5) is 4.79 Å². The van der Waals surface area contributed by atoms with Crippen LogP contribution in [-0.2, 0) is 10.3 Å². The second-order valence-corrected chi connectivity index (χ2v) is 4.84. The van der Waals surface area contributed by atoms with Gasteiger partial charge in [-0.1, -0.05) is 11.6 Å². The first-order valence-corrected chi connectivity index (χ1v) is 5.29. The molecule has 0 bridgehead atoms. The summed E-state index contributed by atoms with van der Waals surface area (Å²) in [5.41, 5.74) is -1.38. The number of hydrogen-bond acceptors (Lipinski definition) is 3. The third kappa shape index (κ3) is 1.55. The summed E-state index contributed by atoms with van der Waals surface area (Å²) in [5.74, 6) is -1.10. The summed E-state index contributed by atoms with van der Waals surface area (Å²) < 4.78 is 0.492. The van der Waals surface area contributed by atoms with Crippen molar-refractivity contribution in [3.8, 4) is 0 Å². The molecule has 0 aliphatic carbocycles. The molecule has 1 fully saturated rings. The lowest BCUT2D eigenvalue weighted by molar-refractivity contribution is -0.143. The SMILES string of the molecule is O=C1NCC(C(=O)O)(c2ccc(Cl)s2)N1. The van der Waals surface area contributed by atoms with Crippen LogP contribution >= 0.6 is 22.9 Å². The van der Waals surface area contributed by atoms with E-state index in [4.69, 9.17) is 16.7 Å². The molecule has 0 aromatic carbocycles. The van der Waals surface area contributed by atoms with Gasteiger partial charge in [0.05, 0.1) is 10.9 Å². The molecule has 0 saturated carbocycles. The maximum Gasteiger partial charge on any atom is 0.336 e. The first-order chi connectivity index (χ1) is 7.04. The van der Waals surface area contributed by atoms with E-state index in [0.29, 0.717) is 9.21 Å². The van der Waals surface area contributed by atoms with Crippen molar-refractivity contribution in [2.24, 2.45) is 0 Å². The van der Waals surface area contributed by atoms with E-state index in [2.05, 4.69) is 10.6 Å². The number of hydrogen-bond donors (Lipinski definition) is 3. The van der Waals surface area contributed by atoms with Crippen molar-refractivity contribution in [3.05, 3.63) is 21.3 Å². The maximum absolute atomic E-state index is 11.2. The highest BCUT2D eigenvalue weighted by Crippen LogP contribution is 2.32. The molecule has 2 heterocycles. The van der Waals surface area contributed by atoms with Crippen molar-refractivity contribution in [1.82, 2.24) is 10.6 Å². The van der Waals surface area contributed by atoms with Gasteiger partial charge in [-0.2, -0.15) is 0 Å². The third-order valence-corrected chi connectivity index (χ3v) is 3.59. The van der Waals surface area contributed by atoms with Gasteiger partial charge in [0.2, 0.25) is 0 Å². The van der Waals surface area contributed by atoms with Crippen LogP contribution in [0.3, 0.4) is 0 Å². The predicted molar refractivity (Wildman–Crippen MR) is 55.2 cm³/mol. The fourth-order valence-corrected chi connectivity index (χ4v) is 2.60. The molecule has 1 aromatic rings. The Kier molecular flexibility index (Phi) is 2.32. The summed E-state index contributed by atoms with van der Waals surface area (Å²) in [7, 11) is 0. The highest BCUT2D eigenvalue weighted by molar-refractivity contribution is 7.16. The normalized spacial score (nSPS) is 24.7. The molecule has 1 saturated heterocycles. The Morgan fingerprint density at radius 1 is 1.60 bits per heavy atom. The molecule has 3 N–H and O–H groups in total. The van der Waals surface area contributed by atoms with Crippen molar-refractivity contribution >= 4 is 34.9 Å². The zero-order valence-corrected chi connectivity index (χ0v) is 8.98. The number of carbonyl (C=O) groups is 2. The van der Waals surface area contributed by atoms with Gasteiger partial charge in [-0.05, 0) is 12.1 Å². The van der Waals surface area contributed by atoms with Crippen molar-refractivity contribution in [3.63, 3.8) is 0 Å². The van der Waals surface area contributed by atoms with Crippen LogP contribution in [-0.4, -0.2) is 23.7 Å². The summed E-state index contributed by atoms with van der Waals surface area (Å²) in [5, 5.41) is 14.0. The van der Waals surface area contributed by atoms with E-state index >= 15 is 0 Å². The molecule has 2 amide bonds. The summed E-state index contributed by atoms with van der Waals surface area (Å²) >= 11 is 6.88. The van der Waals surface area contributed by atoms with Crippen molar-refractivity contribution in [2.45, 2.75) is 5.54 Å². The van der Waals surface area contributed by atoms with Gasteiger partial charge in [-0.3, -0.25) is 0 Å². The number of carboxylic acids is 1. The molecule has 1 atom stereocenters. The van der Waals surface area contributed by atoms with Gasteiger partial charge in [-0.25, -0.2) is 9.59 Å². The number of thiophene rings is 1. The van der Waals surface area contributed by atoms with Crippen molar-refractivity contribution in [1.29, 1.82) is 0 Å².